The Bertz CT molecular complexity index is 418. The first-order valence-electron chi connectivity index (χ1n) is 5.97. The third kappa shape index (κ3) is 2.42. The molecule has 92 valence electrons. The number of hydrogen-bond acceptors (Lipinski definition) is 3. The monoisotopic (exact) mass is 234 g/mol. The van der Waals surface area contributed by atoms with Crippen molar-refractivity contribution in [1.29, 1.82) is 0 Å². The summed E-state index contributed by atoms with van der Waals surface area (Å²) in [5.74, 6) is 0.838. The number of fused-ring (bicyclic) bond motifs is 1. The first kappa shape index (κ1) is 11.9. The van der Waals surface area contributed by atoms with Crippen molar-refractivity contribution in [2.24, 2.45) is 0 Å². The molecule has 0 bridgehead atoms. The average Bonchev–Trinajstić information content (AvgIpc) is 2.36. The highest BCUT2D eigenvalue weighted by atomic mass is 16.5. The van der Waals surface area contributed by atoms with Crippen LogP contribution in [0.1, 0.15) is 12.5 Å². The standard InChI is InChI=1S/C13H18N2O2/c1-3-15-11-8-10(6-7-14-2)4-5-12(11)17-9-13(15)16/h4-5,8,14H,3,6-7,9H2,1-2H3. The van der Waals surface area contributed by atoms with Gasteiger partial charge in [0.1, 0.15) is 5.75 Å². The number of hydrogen-bond donors (Lipinski definition) is 1. The summed E-state index contributed by atoms with van der Waals surface area (Å²) < 4.78 is 5.42. The Labute approximate surface area is 102 Å². The molecule has 0 radical (unpaired) electrons. The highest BCUT2D eigenvalue weighted by molar-refractivity contribution is 5.97. The van der Waals surface area contributed by atoms with Gasteiger partial charge in [-0.15, -0.1) is 0 Å². The molecule has 0 aliphatic carbocycles. The van der Waals surface area contributed by atoms with E-state index in [2.05, 4.69) is 11.4 Å². The van der Waals surface area contributed by atoms with Gasteiger partial charge in [0.25, 0.3) is 5.91 Å². The topological polar surface area (TPSA) is 41.6 Å². The van der Waals surface area contributed by atoms with Crippen molar-refractivity contribution in [3.63, 3.8) is 0 Å². The molecule has 0 spiro atoms. The Balaban J connectivity index is 2.28. The second-order valence-corrected chi connectivity index (χ2v) is 4.08. The molecule has 1 amide bonds. The first-order chi connectivity index (χ1) is 8.26. The summed E-state index contributed by atoms with van der Waals surface area (Å²) >= 11 is 0. The number of ether oxygens (including phenoxy) is 1. The van der Waals surface area contributed by atoms with Crippen LogP contribution in [0.15, 0.2) is 18.2 Å². The highest BCUT2D eigenvalue weighted by Crippen LogP contribution is 2.32. The summed E-state index contributed by atoms with van der Waals surface area (Å²) in [6.07, 6.45) is 0.954. The zero-order valence-corrected chi connectivity index (χ0v) is 10.3. The Morgan fingerprint density at radius 1 is 1.47 bits per heavy atom. The number of amides is 1. The molecular weight excluding hydrogens is 216 g/mol. The van der Waals surface area contributed by atoms with E-state index in [1.165, 1.54) is 5.56 Å². The maximum absolute atomic E-state index is 11.7. The van der Waals surface area contributed by atoms with E-state index in [-0.39, 0.29) is 12.5 Å². The number of anilines is 1. The summed E-state index contributed by atoms with van der Waals surface area (Å²) in [4.78, 5) is 13.5. The van der Waals surface area contributed by atoms with E-state index in [9.17, 15) is 4.79 Å². The molecule has 1 heterocycles. The molecule has 1 aliphatic heterocycles. The smallest absolute Gasteiger partial charge is 0.265 e. The molecule has 1 aromatic rings. The van der Waals surface area contributed by atoms with Crippen LogP contribution in [0.3, 0.4) is 0 Å². The lowest BCUT2D eigenvalue weighted by molar-refractivity contribution is -0.121. The minimum atomic E-state index is 0.0331. The van der Waals surface area contributed by atoms with Crippen LogP contribution in [0.4, 0.5) is 5.69 Å². The molecule has 4 nitrogen and oxygen atoms in total. The second-order valence-electron chi connectivity index (χ2n) is 4.08. The fraction of sp³-hybridized carbons (Fsp3) is 0.462. The fourth-order valence-corrected chi connectivity index (χ4v) is 2.02. The molecule has 1 N–H and O–H groups in total. The Hall–Kier alpha value is -1.55. The van der Waals surface area contributed by atoms with Crippen LogP contribution in [0, 0.1) is 0 Å². The van der Waals surface area contributed by atoms with Crippen molar-refractivity contribution >= 4 is 11.6 Å². The number of carbonyl (C=O) groups is 1. The lowest BCUT2D eigenvalue weighted by Crippen LogP contribution is -2.38. The first-order valence-corrected chi connectivity index (χ1v) is 5.97. The predicted octanol–water partition coefficient (Wildman–Crippen LogP) is 1.19. The van der Waals surface area contributed by atoms with Crippen LogP contribution in [-0.2, 0) is 11.2 Å². The van der Waals surface area contributed by atoms with Gasteiger partial charge in [-0.05, 0) is 44.6 Å². The van der Waals surface area contributed by atoms with Gasteiger partial charge >= 0.3 is 0 Å². The summed E-state index contributed by atoms with van der Waals surface area (Å²) in [6, 6.07) is 6.06. The van der Waals surface area contributed by atoms with Crippen LogP contribution in [0.25, 0.3) is 0 Å². The van der Waals surface area contributed by atoms with Gasteiger partial charge in [0.15, 0.2) is 6.61 Å². The van der Waals surface area contributed by atoms with Crippen LogP contribution in [0.2, 0.25) is 0 Å². The molecule has 0 fully saturated rings. The van der Waals surface area contributed by atoms with Crippen molar-refractivity contribution in [1.82, 2.24) is 5.32 Å². The number of carbonyl (C=O) groups excluding carboxylic acids is 1. The van der Waals surface area contributed by atoms with Crippen molar-refractivity contribution in [3.8, 4) is 5.75 Å². The molecule has 0 saturated heterocycles. The van der Waals surface area contributed by atoms with Gasteiger partial charge in [0.05, 0.1) is 5.69 Å². The highest BCUT2D eigenvalue weighted by Gasteiger charge is 2.24. The average molecular weight is 234 g/mol. The van der Waals surface area contributed by atoms with E-state index in [0.29, 0.717) is 6.54 Å². The van der Waals surface area contributed by atoms with Crippen molar-refractivity contribution in [2.75, 3.05) is 31.6 Å². The second kappa shape index (κ2) is 5.19. The summed E-state index contributed by atoms with van der Waals surface area (Å²) in [5.41, 5.74) is 2.12. The van der Waals surface area contributed by atoms with E-state index in [1.807, 2.05) is 26.1 Å². The van der Waals surface area contributed by atoms with Crippen molar-refractivity contribution in [2.45, 2.75) is 13.3 Å². The van der Waals surface area contributed by atoms with E-state index < -0.39 is 0 Å². The van der Waals surface area contributed by atoms with Gasteiger partial charge in [-0.1, -0.05) is 6.07 Å². The van der Waals surface area contributed by atoms with Crippen LogP contribution < -0.4 is 15.0 Å². The van der Waals surface area contributed by atoms with E-state index >= 15 is 0 Å². The molecule has 1 aromatic carbocycles. The Kier molecular flexibility index (Phi) is 3.64. The minimum absolute atomic E-state index is 0.0331. The number of rotatable bonds is 4. The van der Waals surface area contributed by atoms with Gasteiger partial charge < -0.3 is 15.0 Å². The van der Waals surface area contributed by atoms with Gasteiger partial charge in [-0.2, -0.15) is 0 Å². The number of nitrogens with zero attached hydrogens (tertiary/aromatic N) is 1. The van der Waals surface area contributed by atoms with Crippen LogP contribution >= 0.6 is 0 Å². The van der Waals surface area contributed by atoms with E-state index in [0.717, 1.165) is 24.4 Å². The van der Waals surface area contributed by atoms with Gasteiger partial charge in [-0.3, -0.25) is 4.79 Å². The Morgan fingerprint density at radius 3 is 3.00 bits per heavy atom. The SMILES string of the molecule is CCN1C(=O)COc2ccc(CCNC)cc21. The minimum Gasteiger partial charge on any atom is -0.482 e. The zero-order valence-electron chi connectivity index (χ0n) is 10.3. The number of likely N-dealkylation sites (N-methyl/N-ethyl adjacent to an activating group) is 2. The summed E-state index contributed by atoms with van der Waals surface area (Å²) in [5, 5.41) is 3.12. The quantitative estimate of drug-likeness (QED) is 0.851. The van der Waals surface area contributed by atoms with Crippen molar-refractivity contribution < 1.29 is 9.53 Å². The lowest BCUT2D eigenvalue weighted by Gasteiger charge is -2.28. The maximum atomic E-state index is 11.7. The summed E-state index contributed by atoms with van der Waals surface area (Å²) in [7, 11) is 1.93. The lowest BCUT2D eigenvalue weighted by atomic mass is 10.1. The van der Waals surface area contributed by atoms with E-state index in [1.54, 1.807) is 4.90 Å². The van der Waals surface area contributed by atoms with Crippen LogP contribution in [-0.4, -0.2) is 32.7 Å². The fourth-order valence-electron chi connectivity index (χ4n) is 2.02. The van der Waals surface area contributed by atoms with Gasteiger partial charge in [0.2, 0.25) is 0 Å². The Morgan fingerprint density at radius 2 is 2.29 bits per heavy atom. The number of benzene rings is 1. The molecule has 1 aliphatic rings. The van der Waals surface area contributed by atoms with Crippen LogP contribution in [0.5, 0.6) is 5.75 Å². The van der Waals surface area contributed by atoms with Gasteiger partial charge in [-0.25, -0.2) is 0 Å². The maximum Gasteiger partial charge on any atom is 0.265 e. The molecule has 17 heavy (non-hydrogen) atoms. The molecule has 0 aromatic heterocycles. The molecule has 0 saturated carbocycles. The predicted molar refractivity (Wildman–Crippen MR) is 67.6 cm³/mol. The van der Waals surface area contributed by atoms with Gasteiger partial charge in [0, 0.05) is 6.54 Å². The molecule has 0 unspecified atom stereocenters. The largest absolute Gasteiger partial charge is 0.482 e. The molecular formula is C13H18N2O2. The number of nitrogens with one attached hydrogen (secondary N) is 1. The molecule has 2 rings (SSSR count). The molecule has 4 heteroatoms. The molecule has 0 atom stereocenters. The third-order valence-corrected chi connectivity index (χ3v) is 2.95. The van der Waals surface area contributed by atoms with Crippen molar-refractivity contribution in [3.05, 3.63) is 23.8 Å². The summed E-state index contributed by atoms with van der Waals surface area (Å²) in [6.45, 7) is 3.74. The van der Waals surface area contributed by atoms with E-state index in [4.69, 9.17) is 4.74 Å². The zero-order chi connectivity index (χ0) is 12.3. The normalized spacial score (nSPS) is 14.5. The third-order valence-electron chi connectivity index (χ3n) is 2.95.